The van der Waals surface area contributed by atoms with E-state index < -0.39 is 0 Å². The van der Waals surface area contributed by atoms with Gasteiger partial charge in [0, 0.05) is 16.1 Å². The summed E-state index contributed by atoms with van der Waals surface area (Å²) in [6.07, 6.45) is 5.60. The number of hydrogen-bond donors (Lipinski definition) is 1. The van der Waals surface area contributed by atoms with Crippen LogP contribution in [-0.4, -0.2) is 0 Å². The molecule has 0 bridgehead atoms. The van der Waals surface area contributed by atoms with Gasteiger partial charge < -0.3 is 5.73 Å². The molecule has 102 valence electrons. The van der Waals surface area contributed by atoms with Crippen molar-refractivity contribution in [1.82, 2.24) is 0 Å². The molecule has 2 atom stereocenters. The van der Waals surface area contributed by atoms with Crippen LogP contribution >= 0.6 is 15.9 Å². The number of nitrogens with two attached hydrogens (primary N) is 1. The van der Waals surface area contributed by atoms with Crippen LogP contribution in [0.2, 0.25) is 0 Å². The van der Waals surface area contributed by atoms with Crippen molar-refractivity contribution in [2.75, 3.05) is 0 Å². The van der Waals surface area contributed by atoms with E-state index in [9.17, 15) is 4.39 Å². The third-order valence-electron chi connectivity index (χ3n) is 3.49. The fraction of sp³-hybridized carbons (Fsp3) is 0.600. The molecular formula is C15H23BrFN. The predicted octanol–water partition coefficient (Wildman–Crippen LogP) is 5.19. The van der Waals surface area contributed by atoms with E-state index in [-0.39, 0.29) is 11.9 Å². The molecule has 0 aliphatic carbocycles. The highest BCUT2D eigenvalue weighted by Crippen LogP contribution is 2.28. The number of unbranched alkanes of at least 4 members (excludes halogenated alkanes) is 1. The van der Waals surface area contributed by atoms with Crippen molar-refractivity contribution in [3.8, 4) is 0 Å². The van der Waals surface area contributed by atoms with E-state index in [2.05, 4.69) is 29.8 Å². The van der Waals surface area contributed by atoms with E-state index in [0.717, 1.165) is 17.3 Å². The summed E-state index contributed by atoms with van der Waals surface area (Å²) in [5.74, 6) is 0.398. The number of rotatable bonds is 7. The zero-order chi connectivity index (χ0) is 13.5. The first-order valence-corrected chi connectivity index (χ1v) is 7.58. The summed E-state index contributed by atoms with van der Waals surface area (Å²) >= 11 is 3.37. The second kappa shape index (κ2) is 7.90. The van der Waals surface area contributed by atoms with Gasteiger partial charge in [-0.3, -0.25) is 0 Å². The van der Waals surface area contributed by atoms with Gasteiger partial charge in [-0.05, 0) is 30.5 Å². The molecule has 2 N–H and O–H groups in total. The SMILES string of the molecule is CCCCC(CC)CC(N)c1cc(Br)ccc1F. The molecular weight excluding hydrogens is 293 g/mol. The van der Waals surface area contributed by atoms with Crippen LogP contribution in [0, 0.1) is 11.7 Å². The average Bonchev–Trinajstić information content (AvgIpc) is 2.37. The van der Waals surface area contributed by atoms with Gasteiger partial charge in [-0.15, -0.1) is 0 Å². The Hall–Kier alpha value is -0.410. The molecule has 0 saturated carbocycles. The van der Waals surface area contributed by atoms with E-state index in [0.29, 0.717) is 11.5 Å². The Labute approximate surface area is 118 Å². The van der Waals surface area contributed by atoms with Gasteiger partial charge in [0.05, 0.1) is 0 Å². The Balaban J connectivity index is 2.67. The number of halogens is 2. The highest BCUT2D eigenvalue weighted by atomic mass is 79.9. The van der Waals surface area contributed by atoms with Gasteiger partial charge in [0.25, 0.3) is 0 Å². The lowest BCUT2D eigenvalue weighted by Crippen LogP contribution is -2.16. The Bertz CT molecular complexity index is 368. The van der Waals surface area contributed by atoms with Gasteiger partial charge >= 0.3 is 0 Å². The maximum atomic E-state index is 13.7. The second-order valence-electron chi connectivity index (χ2n) is 4.92. The third-order valence-corrected chi connectivity index (χ3v) is 3.98. The van der Waals surface area contributed by atoms with Crippen molar-refractivity contribution in [3.05, 3.63) is 34.1 Å². The van der Waals surface area contributed by atoms with E-state index >= 15 is 0 Å². The first-order valence-electron chi connectivity index (χ1n) is 6.79. The highest BCUT2D eigenvalue weighted by molar-refractivity contribution is 9.10. The van der Waals surface area contributed by atoms with E-state index in [1.165, 1.54) is 25.3 Å². The van der Waals surface area contributed by atoms with Crippen LogP contribution in [0.15, 0.2) is 22.7 Å². The minimum atomic E-state index is -0.204. The fourth-order valence-electron chi connectivity index (χ4n) is 2.27. The lowest BCUT2D eigenvalue weighted by Gasteiger charge is -2.20. The van der Waals surface area contributed by atoms with Crippen LogP contribution in [0.25, 0.3) is 0 Å². The molecule has 1 aromatic rings. The van der Waals surface area contributed by atoms with Crippen molar-refractivity contribution in [1.29, 1.82) is 0 Å². The normalized spacial score (nSPS) is 14.5. The van der Waals surface area contributed by atoms with Gasteiger partial charge in [0.15, 0.2) is 0 Å². The molecule has 1 nitrogen and oxygen atoms in total. The topological polar surface area (TPSA) is 26.0 Å². The molecule has 0 fully saturated rings. The lowest BCUT2D eigenvalue weighted by atomic mass is 9.89. The molecule has 0 aromatic heterocycles. The third kappa shape index (κ3) is 4.69. The number of hydrogen-bond acceptors (Lipinski definition) is 1. The van der Waals surface area contributed by atoms with E-state index in [4.69, 9.17) is 5.73 Å². The van der Waals surface area contributed by atoms with Gasteiger partial charge in [0.1, 0.15) is 5.82 Å². The summed E-state index contributed by atoms with van der Waals surface area (Å²) in [6.45, 7) is 4.38. The van der Waals surface area contributed by atoms with E-state index in [1.807, 2.05) is 0 Å². The minimum absolute atomic E-state index is 0.198. The standard InChI is InChI=1S/C15H23BrFN/c1-3-5-6-11(4-2)9-15(18)13-10-12(16)7-8-14(13)17/h7-8,10-11,15H,3-6,9,18H2,1-2H3. The van der Waals surface area contributed by atoms with Crippen molar-refractivity contribution in [2.24, 2.45) is 11.7 Å². The zero-order valence-corrected chi connectivity index (χ0v) is 12.8. The van der Waals surface area contributed by atoms with Crippen LogP contribution in [0.1, 0.15) is 57.6 Å². The fourth-order valence-corrected chi connectivity index (χ4v) is 2.65. The average molecular weight is 316 g/mol. The first-order chi connectivity index (χ1) is 8.58. The second-order valence-corrected chi connectivity index (χ2v) is 5.84. The predicted molar refractivity (Wildman–Crippen MR) is 79.0 cm³/mol. The molecule has 0 spiro atoms. The van der Waals surface area contributed by atoms with Crippen LogP contribution in [0.3, 0.4) is 0 Å². The maximum Gasteiger partial charge on any atom is 0.128 e. The summed E-state index contributed by atoms with van der Waals surface area (Å²) in [5.41, 5.74) is 6.78. The van der Waals surface area contributed by atoms with Gasteiger partial charge in [-0.25, -0.2) is 4.39 Å². The minimum Gasteiger partial charge on any atom is -0.324 e. The van der Waals surface area contributed by atoms with Crippen molar-refractivity contribution in [3.63, 3.8) is 0 Å². The molecule has 1 rings (SSSR count). The largest absolute Gasteiger partial charge is 0.324 e. The Kier molecular flexibility index (Phi) is 6.87. The quantitative estimate of drug-likeness (QED) is 0.735. The molecule has 0 heterocycles. The monoisotopic (exact) mass is 315 g/mol. The Morgan fingerprint density at radius 2 is 2.06 bits per heavy atom. The molecule has 0 saturated heterocycles. The summed E-state index contributed by atoms with van der Waals surface area (Å²) < 4.78 is 14.6. The Morgan fingerprint density at radius 3 is 2.67 bits per heavy atom. The van der Waals surface area contributed by atoms with Gasteiger partial charge in [-0.2, -0.15) is 0 Å². The summed E-state index contributed by atoms with van der Waals surface area (Å²) in [4.78, 5) is 0. The van der Waals surface area contributed by atoms with Crippen molar-refractivity contribution < 1.29 is 4.39 Å². The molecule has 0 radical (unpaired) electrons. The molecule has 2 unspecified atom stereocenters. The molecule has 0 amide bonds. The van der Waals surface area contributed by atoms with Gasteiger partial charge in [0.2, 0.25) is 0 Å². The zero-order valence-electron chi connectivity index (χ0n) is 11.3. The van der Waals surface area contributed by atoms with Crippen LogP contribution < -0.4 is 5.73 Å². The smallest absolute Gasteiger partial charge is 0.128 e. The van der Waals surface area contributed by atoms with Crippen LogP contribution in [-0.2, 0) is 0 Å². The maximum absolute atomic E-state index is 13.7. The summed E-state index contributed by atoms with van der Waals surface area (Å²) in [5, 5.41) is 0. The summed E-state index contributed by atoms with van der Waals surface area (Å²) in [7, 11) is 0. The van der Waals surface area contributed by atoms with Crippen molar-refractivity contribution in [2.45, 2.75) is 52.0 Å². The molecule has 1 aromatic carbocycles. The summed E-state index contributed by atoms with van der Waals surface area (Å²) in [6, 6.07) is 4.78. The van der Waals surface area contributed by atoms with E-state index in [1.54, 1.807) is 12.1 Å². The lowest BCUT2D eigenvalue weighted by molar-refractivity contribution is 0.383. The van der Waals surface area contributed by atoms with Gasteiger partial charge in [-0.1, -0.05) is 55.5 Å². The molecule has 3 heteroatoms. The highest BCUT2D eigenvalue weighted by Gasteiger charge is 2.16. The van der Waals surface area contributed by atoms with Crippen molar-refractivity contribution >= 4 is 15.9 Å². The Morgan fingerprint density at radius 1 is 1.33 bits per heavy atom. The van der Waals surface area contributed by atoms with Crippen LogP contribution in [0.5, 0.6) is 0 Å². The number of benzene rings is 1. The first kappa shape index (κ1) is 15.6. The molecule has 0 aliphatic rings. The molecule has 0 aliphatic heterocycles. The molecule has 18 heavy (non-hydrogen) atoms. The van der Waals surface area contributed by atoms with Crippen LogP contribution in [0.4, 0.5) is 4.39 Å².